The molecule has 0 radical (unpaired) electrons. The second-order valence-electron chi connectivity index (χ2n) is 12.3. The van der Waals surface area contributed by atoms with Gasteiger partial charge in [0.15, 0.2) is 5.82 Å². The minimum Gasteiger partial charge on any atom is -0.508 e. The van der Waals surface area contributed by atoms with E-state index < -0.39 is 10.0 Å². The quantitative estimate of drug-likeness (QED) is 0.104. The fraction of sp³-hybridized carbons (Fsp3) is 0.485. The summed E-state index contributed by atoms with van der Waals surface area (Å²) in [6, 6.07) is 8.50. The van der Waals surface area contributed by atoms with Gasteiger partial charge in [0, 0.05) is 69.2 Å². The molecule has 14 nitrogen and oxygen atoms in total. The Bertz CT molecular complexity index is 1750. The van der Waals surface area contributed by atoms with Crippen LogP contribution in [-0.4, -0.2) is 110 Å². The number of ether oxygens (including phenoxy) is 1. The molecule has 272 valence electrons. The molecule has 1 aromatic heterocycles. The van der Waals surface area contributed by atoms with Gasteiger partial charge in [0.05, 0.1) is 47.5 Å². The smallest absolute Gasteiger partial charge is 0.232 e. The maximum Gasteiger partial charge on any atom is 0.232 e. The highest BCUT2D eigenvalue weighted by atomic mass is 79.9. The van der Waals surface area contributed by atoms with Gasteiger partial charge < -0.3 is 35.6 Å². The average Bonchev–Trinajstić information content (AvgIpc) is 3.10. The molecule has 2 saturated heterocycles. The molecule has 5 rings (SSSR count). The number of methoxy groups -OCH3 is 1. The molecule has 0 aliphatic carbocycles. The van der Waals surface area contributed by atoms with Crippen LogP contribution in [0.2, 0.25) is 5.02 Å². The number of benzene rings is 2. The molecule has 2 aliphatic heterocycles. The summed E-state index contributed by atoms with van der Waals surface area (Å²) in [7, 11) is 0.108. The highest BCUT2D eigenvalue weighted by Gasteiger charge is 2.28. The lowest BCUT2D eigenvalue weighted by Crippen LogP contribution is -2.52. The number of alkyl halides is 1. The average molecular weight is 795 g/mol. The Hall–Kier alpha value is -3.57. The van der Waals surface area contributed by atoms with Crippen molar-refractivity contribution in [1.29, 1.82) is 0 Å². The Morgan fingerprint density at radius 3 is 2.46 bits per heavy atom. The molecule has 3 heterocycles. The Balaban J connectivity index is 1.40. The normalized spacial score (nSPS) is 16.2. The lowest BCUT2D eigenvalue weighted by atomic mass is 10.0. The van der Waals surface area contributed by atoms with Gasteiger partial charge in [-0.2, -0.15) is 4.98 Å². The predicted octanol–water partition coefficient (Wildman–Crippen LogP) is 5.42. The van der Waals surface area contributed by atoms with Gasteiger partial charge in [0.1, 0.15) is 16.5 Å². The number of nitrogens with zero attached hydrogens (tertiary/aromatic N) is 5. The summed E-state index contributed by atoms with van der Waals surface area (Å²) in [5, 5.41) is 20.3. The molecule has 0 bridgehead atoms. The van der Waals surface area contributed by atoms with E-state index in [0.29, 0.717) is 41.7 Å². The monoisotopic (exact) mass is 793 g/mol. The Morgan fingerprint density at radius 2 is 1.78 bits per heavy atom. The fourth-order valence-electron chi connectivity index (χ4n) is 6.02. The number of aromatic nitrogens is 2. The molecule has 2 aromatic carbocycles. The van der Waals surface area contributed by atoms with Crippen molar-refractivity contribution in [3.63, 3.8) is 0 Å². The summed E-state index contributed by atoms with van der Waals surface area (Å²) >= 11 is 9.87. The number of halogens is 2. The summed E-state index contributed by atoms with van der Waals surface area (Å²) in [6.07, 6.45) is 4.54. The summed E-state index contributed by atoms with van der Waals surface area (Å²) in [5.74, 6) is 0.523. The third kappa shape index (κ3) is 9.81. The van der Waals surface area contributed by atoms with Crippen LogP contribution in [0.4, 0.5) is 40.2 Å². The number of sulfonamides is 1. The van der Waals surface area contributed by atoms with Gasteiger partial charge in [-0.1, -0.05) is 27.5 Å². The van der Waals surface area contributed by atoms with Crippen molar-refractivity contribution in [3.05, 3.63) is 41.6 Å². The van der Waals surface area contributed by atoms with Gasteiger partial charge in [-0.3, -0.25) is 14.4 Å². The van der Waals surface area contributed by atoms with Crippen molar-refractivity contribution < 1.29 is 23.1 Å². The second kappa shape index (κ2) is 17.1. The van der Waals surface area contributed by atoms with Crippen LogP contribution in [0.3, 0.4) is 0 Å². The fourth-order valence-corrected chi connectivity index (χ4v) is 7.09. The van der Waals surface area contributed by atoms with Crippen LogP contribution in [0.15, 0.2) is 36.5 Å². The molecule has 5 N–H and O–H groups in total. The number of piperazine rings is 1. The topological polar surface area (TPSA) is 164 Å². The molecule has 1 amide bonds. The summed E-state index contributed by atoms with van der Waals surface area (Å²) < 4.78 is 32.9. The van der Waals surface area contributed by atoms with E-state index in [9.17, 15) is 18.3 Å². The largest absolute Gasteiger partial charge is 0.508 e. The lowest BCUT2D eigenvalue weighted by molar-refractivity contribution is -0.116. The van der Waals surface area contributed by atoms with E-state index in [-0.39, 0.29) is 39.9 Å². The summed E-state index contributed by atoms with van der Waals surface area (Å²) in [5.41, 5.74) is 2.49. The van der Waals surface area contributed by atoms with E-state index >= 15 is 0 Å². The minimum absolute atomic E-state index is 0.0910. The van der Waals surface area contributed by atoms with Crippen molar-refractivity contribution in [2.45, 2.75) is 38.6 Å². The zero-order valence-electron chi connectivity index (χ0n) is 28.5. The van der Waals surface area contributed by atoms with Crippen LogP contribution in [0.1, 0.15) is 32.6 Å². The molecular weight excluding hydrogens is 750 g/mol. The number of anilines is 7. The van der Waals surface area contributed by atoms with Gasteiger partial charge in [-0.15, -0.1) is 0 Å². The molecule has 2 fully saturated rings. The molecule has 50 heavy (non-hydrogen) atoms. The van der Waals surface area contributed by atoms with E-state index in [1.54, 1.807) is 7.11 Å². The van der Waals surface area contributed by atoms with Crippen molar-refractivity contribution in [1.82, 2.24) is 19.8 Å². The van der Waals surface area contributed by atoms with E-state index in [2.05, 4.69) is 68.3 Å². The number of rotatable bonds is 14. The number of hydrogen-bond donors (Lipinski definition) is 5. The third-order valence-electron chi connectivity index (χ3n) is 8.88. The SMILES string of the molecule is CCS(=O)(=O)Nc1cc(O)ccc1Nc1nc(Nc2cc(NC(=O)CCCBr)c(N3CCC(N4CCN(C)CC4)CC3)cc2OC)ncc1Cl. The summed E-state index contributed by atoms with van der Waals surface area (Å²) in [4.78, 5) is 29.2. The van der Waals surface area contributed by atoms with Crippen molar-refractivity contribution in [2.24, 2.45) is 0 Å². The number of aromatic hydroxyl groups is 1. The number of nitrogens with one attached hydrogen (secondary N) is 4. The highest BCUT2D eigenvalue weighted by Crippen LogP contribution is 2.40. The zero-order valence-corrected chi connectivity index (χ0v) is 31.7. The Kier molecular flexibility index (Phi) is 12.9. The van der Waals surface area contributed by atoms with Crippen LogP contribution in [-0.2, 0) is 14.8 Å². The van der Waals surface area contributed by atoms with Crippen molar-refractivity contribution in [2.75, 3.05) is 90.1 Å². The van der Waals surface area contributed by atoms with E-state index in [1.807, 2.05) is 12.1 Å². The van der Waals surface area contributed by atoms with E-state index in [4.69, 9.17) is 16.3 Å². The number of amides is 1. The van der Waals surface area contributed by atoms with Crippen molar-refractivity contribution in [3.8, 4) is 11.5 Å². The van der Waals surface area contributed by atoms with Crippen LogP contribution in [0.25, 0.3) is 0 Å². The van der Waals surface area contributed by atoms with Crippen LogP contribution in [0, 0.1) is 0 Å². The Labute approximate surface area is 307 Å². The molecule has 2 aliphatic rings. The van der Waals surface area contributed by atoms with Crippen LogP contribution < -0.4 is 30.3 Å². The number of phenols is 1. The molecule has 17 heteroatoms. The Morgan fingerprint density at radius 1 is 1.04 bits per heavy atom. The maximum absolute atomic E-state index is 13.0. The third-order valence-corrected chi connectivity index (χ3v) is 11.0. The first-order valence-electron chi connectivity index (χ1n) is 16.6. The molecule has 0 saturated carbocycles. The minimum atomic E-state index is -3.64. The number of carbonyl (C=O) groups excluding carboxylic acids is 1. The highest BCUT2D eigenvalue weighted by molar-refractivity contribution is 9.09. The maximum atomic E-state index is 13.0. The predicted molar refractivity (Wildman–Crippen MR) is 204 cm³/mol. The molecule has 0 unspecified atom stereocenters. The summed E-state index contributed by atoms with van der Waals surface area (Å²) in [6.45, 7) is 7.55. The van der Waals surface area contributed by atoms with Gasteiger partial charge in [-0.05, 0) is 51.4 Å². The van der Waals surface area contributed by atoms with Gasteiger partial charge in [0.2, 0.25) is 21.9 Å². The zero-order chi connectivity index (χ0) is 35.8. The molecule has 3 aromatic rings. The molecule has 0 atom stereocenters. The first-order valence-corrected chi connectivity index (χ1v) is 19.8. The van der Waals surface area contributed by atoms with Crippen LogP contribution in [0.5, 0.6) is 11.5 Å². The van der Waals surface area contributed by atoms with E-state index in [1.165, 1.54) is 31.3 Å². The second-order valence-corrected chi connectivity index (χ2v) is 15.6. The van der Waals surface area contributed by atoms with Crippen molar-refractivity contribution >= 4 is 83.7 Å². The van der Waals surface area contributed by atoms with Gasteiger partial charge in [0.25, 0.3) is 0 Å². The number of hydrogen-bond acceptors (Lipinski definition) is 12. The van der Waals surface area contributed by atoms with E-state index in [0.717, 1.165) is 63.1 Å². The number of carbonyl (C=O) groups is 1. The molecular formula is C33H45BrClN9O5S. The number of piperidine rings is 1. The first-order chi connectivity index (χ1) is 24.0. The standard InChI is InChI=1S/C33H45BrClN9O5S/c1-4-50(47,48)41-26-18-23(45)7-8-25(26)38-32-24(35)21-36-33(40-32)39-28-19-27(37-31(46)6-5-11-34)29(20-30(28)49-3)44-12-9-22(10-13-44)43-16-14-42(2)15-17-43/h7-8,18-22,41,45H,4-6,9-17H2,1-3H3,(H,37,46)(H2,36,38,39,40). The number of phenolic OH excluding ortho intramolecular Hbond substituents is 1. The van der Waals surface area contributed by atoms with Gasteiger partial charge >= 0.3 is 0 Å². The lowest BCUT2D eigenvalue weighted by Gasteiger charge is -2.43. The number of likely N-dealkylation sites (N-methyl/N-ethyl adjacent to an activating group) is 1. The van der Waals surface area contributed by atoms with Crippen LogP contribution >= 0.6 is 27.5 Å². The molecule has 0 spiro atoms. The van der Waals surface area contributed by atoms with Gasteiger partial charge in [-0.25, -0.2) is 13.4 Å². The first kappa shape index (κ1) is 37.7.